The number of carbonyl (C=O) groups excluding carboxylic acids is 1. The molecule has 0 aromatic heterocycles. The molecule has 76 valence electrons. The smallest absolute Gasteiger partial charge is 0.176 e. The minimum atomic E-state index is 0.105. The Hall–Kier alpha value is -1.35. The monoisotopic (exact) mass is 193 g/mol. The summed E-state index contributed by atoms with van der Waals surface area (Å²) >= 11 is 0. The molecule has 0 aliphatic rings. The molecule has 1 rings (SSSR count). The number of ether oxygens (including phenoxy) is 1. The summed E-state index contributed by atoms with van der Waals surface area (Å²) in [6, 6.07) is 7.20. The van der Waals surface area contributed by atoms with E-state index < -0.39 is 0 Å². The Morgan fingerprint density at radius 1 is 1.43 bits per heavy atom. The van der Waals surface area contributed by atoms with Crippen molar-refractivity contribution in [2.45, 2.75) is 0 Å². The van der Waals surface area contributed by atoms with Gasteiger partial charge in [0.1, 0.15) is 5.75 Å². The van der Waals surface area contributed by atoms with Crippen LogP contribution < -0.4 is 4.74 Å². The van der Waals surface area contributed by atoms with Gasteiger partial charge in [0.2, 0.25) is 0 Å². The fraction of sp³-hybridized carbons (Fsp3) is 0.364. The van der Waals surface area contributed by atoms with E-state index in [-0.39, 0.29) is 5.78 Å². The van der Waals surface area contributed by atoms with Gasteiger partial charge in [-0.2, -0.15) is 0 Å². The summed E-state index contributed by atoms with van der Waals surface area (Å²) in [6.07, 6.45) is 0. The van der Waals surface area contributed by atoms with Crippen molar-refractivity contribution in [3.8, 4) is 5.75 Å². The molecule has 0 N–H and O–H groups in total. The maximum Gasteiger partial charge on any atom is 0.176 e. The van der Waals surface area contributed by atoms with Gasteiger partial charge in [-0.05, 0) is 26.2 Å². The summed E-state index contributed by atoms with van der Waals surface area (Å²) in [7, 11) is 5.34. The number of nitrogens with zero attached hydrogens (tertiary/aromatic N) is 1. The Balaban J connectivity index is 2.79. The molecule has 0 heterocycles. The first-order valence-corrected chi connectivity index (χ1v) is 4.45. The van der Waals surface area contributed by atoms with Crippen LogP contribution in [-0.2, 0) is 0 Å². The van der Waals surface area contributed by atoms with Crippen LogP contribution in [0.2, 0.25) is 0 Å². The van der Waals surface area contributed by atoms with E-state index in [1.54, 1.807) is 19.2 Å². The summed E-state index contributed by atoms with van der Waals surface area (Å²) in [5, 5.41) is 0. The highest BCUT2D eigenvalue weighted by molar-refractivity contribution is 5.97. The second-order valence-electron chi connectivity index (χ2n) is 3.39. The third-order valence-electron chi connectivity index (χ3n) is 1.85. The van der Waals surface area contributed by atoms with Gasteiger partial charge in [0.25, 0.3) is 0 Å². The minimum Gasteiger partial charge on any atom is -0.497 e. The number of hydrogen-bond donors (Lipinski definition) is 0. The van der Waals surface area contributed by atoms with Crippen LogP contribution in [0.3, 0.4) is 0 Å². The van der Waals surface area contributed by atoms with E-state index in [1.807, 2.05) is 31.1 Å². The van der Waals surface area contributed by atoms with Crippen molar-refractivity contribution in [3.63, 3.8) is 0 Å². The zero-order chi connectivity index (χ0) is 10.6. The van der Waals surface area contributed by atoms with Crippen LogP contribution in [0.5, 0.6) is 5.75 Å². The van der Waals surface area contributed by atoms with E-state index in [1.165, 1.54) is 0 Å². The van der Waals surface area contributed by atoms with Gasteiger partial charge in [0.15, 0.2) is 5.78 Å². The highest BCUT2D eigenvalue weighted by Crippen LogP contribution is 2.12. The lowest BCUT2D eigenvalue weighted by Crippen LogP contribution is -2.21. The van der Waals surface area contributed by atoms with E-state index in [0.29, 0.717) is 12.1 Å². The standard InChI is InChI=1S/C11H15NO2/c1-12(2)8-11(13)9-5-4-6-10(7-9)14-3/h4-7H,8H2,1-3H3. The van der Waals surface area contributed by atoms with Gasteiger partial charge in [-0.3, -0.25) is 4.79 Å². The molecular weight excluding hydrogens is 178 g/mol. The van der Waals surface area contributed by atoms with Crippen LogP contribution in [0, 0.1) is 0 Å². The average molecular weight is 193 g/mol. The third kappa shape index (κ3) is 2.85. The summed E-state index contributed by atoms with van der Waals surface area (Å²) < 4.78 is 5.04. The number of benzene rings is 1. The van der Waals surface area contributed by atoms with Crippen molar-refractivity contribution in [2.24, 2.45) is 0 Å². The first kappa shape index (κ1) is 10.7. The van der Waals surface area contributed by atoms with Gasteiger partial charge in [0.05, 0.1) is 13.7 Å². The van der Waals surface area contributed by atoms with Gasteiger partial charge < -0.3 is 9.64 Å². The van der Waals surface area contributed by atoms with E-state index in [4.69, 9.17) is 4.74 Å². The Labute approximate surface area is 84.3 Å². The van der Waals surface area contributed by atoms with E-state index in [9.17, 15) is 4.79 Å². The van der Waals surface area contributed by atoms with Crippen LogP contribution in [0.15, 0.2) is 24.3 Å². The fourth-order valence-corrected chi connectivity index (χ4v) is 1.18. The van der Waals surface area contributed by atoms with Crippen molar-refractivity contribution >= 4 is 5.78 Å². The van der Waals surface area contributed by atoms with E-state index in [2.05, 4.69) is 0 Å². The molecule has 0 radical (unpaired) electrons. The molecule has 3 heteroatoms. The van der Waals surface area contributed by atoms with Crippen LogP contribution >= 0.6 is 0 Å². The van der Waals surface area contributed by atoms with Crippen molar-refractivity contribution in [2.75, 3.05) is 27.7 Å². The molecule has 0 aliphatic carbocycles. The zero-order valence-electron chi connectivity index (χ0n) is 8.78. The summed E-state index contributed by atoms with van der Waals surface area (Å²) in [5.74, 6) is 0.823. The summed E-state index contributed by atoms with van der Waals surface area (Å²) in [5.41, 5.74) is 0.693. The van der Waals surface area contributed by atoms with Crippen molar-refractivity contribution in [3.05, 3.63) is 29.8 Å². The normalized spacial score (nSPS) is 10.3. The number of ketones is 1. The van der Waals surface area contributed by atoms with Crippen LogP contribution in [0.25, 0.3) is 0 Å². The summed E-state index contributed by atoms with van der Waals surface area (Å²) in [6.45, 7) is 0.424. The third-order valence-corrected chi connectivity index (χ3v) is 1.85. The Bertz CT molecular complexity index is 321. The second kappa shape index (κ2) is 4.77. The molecule has 0 unspecified atom stereocenters. The SMILES string of the molecule is COc1cccc(C(=O)CN(C)C)c1. The average Bonchev–Trinajstić information content (AvgIpc) is 2.17. The van der Waals surface area contributed by atoms with Gasteiger partial charge in [-0.1, -0.05) is 12.1 Å². The molecule has 3 nitrogen and oxygen atoms in total. The Morgan fingerprint density at radius 3 is 2.71 bits per heavy atom. The Morgan fingerprint density at radius 2 is 2.14 bits per heavy atom. The number of Topliss-reactive ketones (excluding diaryl/α,β-unsaturated/α-hetero) is 1. The molecular formula is C11H15NO2. The number of carbonyl (C=O) groups is 1. The van der Waals surface area contributed by atoms with Gasteiger partial charge in [-0.15, -0.1) is 0 Å². The summed E-state index contributed by atoms with van der Waals surface area (Å²) in [4.78, 5) is 13.5. The topological polar surface area (TPSA) is 29.5 Å². The lowest BCUT2D eigenvalue weighted by molar-refractivity contribution is 0.0957. The number of hydrogen-bond acceptors (Lipinski definition) is 3. The Kier molecular flexibility index (Phi) is 3.65. The molecule has 0 saturated carbocycles. The van der Waals surface area contributed by atoms with Crippen LogP contribution in [0.1, 0.15) is 10.4 Å². The second-order valence-corrected chi connectivity index (χ2v) is 3.39. The molecule has 0 spiro atoms. The molecule has 1 aromatic rings. The predicted molar refractivity (Wildman–Crippen MR) is 55.9 cm³/mol. The molecule has 0 bridgehead atoms. The zero-order valence-corrected chi connectivity index (χ0v) is 8.78. The molecule has 0 aliphatic heterocycles. The van der Waals surface area contributed by atoms with E-state index >= 15 is 0 Å². The van der Waals surface area contributed by atoms with Gasteiger partial charge in [-0.25, -0.2) is 0 Å². The highest BCUT2D eigenvalue weighted by Gasteiger charge is 2.07. The lowest BCUT2D eigenvalue weighted by atomic mass is 10.1. The van der Waals surface area contributed by atoms with Gasteiger partial charge >= 0.3 is 0 Å². The molecule has 0 saturated heterocycles. The number of likely N-dealkylation sites (N-methyl/N-ethyl adjacent to an activating group) is 1. The first-order chi connectivity index (χ1) is 6.63. The fourth-order valence-electron chi connectivity index (χ4n) is 1.18. The maximum absolute atomic E-state index is 11.6. The number of methoxy groups -OCH3 is 1. The first-order valence-electron chi connectivity index (χ1n) is 4.45. The van der Waals surface area contributed by atoms with E-state index in [0.717, 1.165) is 5.75 Å². The molecule has 0 atom stereocenters. The van der Waals surface area contributed by atoms with Crippen molar-refractivity contribution < 1.29 is 9.53 Å². The highest BCUT2D eigenvalue weighted by atomic mass is 16.5. The van der Waals surface area contributed by atoms with Gasteiger partial charge in [0, 0.05) is 5.56 Å². The molecule has 1 aromatic carbocycles. The molecule has 0 fully saturated rings. The predicted octanol–water partition coefficient (Wildman–Crippen LogP) is 1.44. The number of rotatable bonds is 4. The van der Waals surface area contributed by atoms with Crippen molar-refractivity contribution in [1.29, 1.82) is 0 Å². The van der Waals surface area contributed by atoms with Crippen molar-refractivity contribution in [1.82, 2.24) is 4.90 Å². The lowest BCUT2D eigenvalue weighted by Gasteiger charge is -2.08. The van der Waals surface area contributed by atoms with Crippen LogP contribution in [0.4, 0.5) is 0 Å². The maximum atomic E-state index is 11.6. The molecule has 0 amide bonds. The molecule has 14 heavy (non-hydrogen) atoms. The minimum absolute atomic E-state index is 0.105. The van der Waals surface area contributed by atoms with Crippen LogP contribution in [-0.4, -0.2) is 38.4 Å². The largest absolute Gasteiger partial charge is 0.497 e. The quantitative estimate of drug-likeness (QED) is 0.678.